The Labute approximate surface area is 113 Å². The van der Waals surface area contributed by atoms with Crippen LogP contribution in [0.15, 0.2) is 24.3 Å². The minimum absolute atomic E-state index is 0.0496. The molecule has 1 aromatic rings. The number of hydrogen-bond donors (Lipinski definition) is 1. The molecular formula is C15H19NO3. The number of likely N-dealkylation sites (tertiary alicyclic amines) is 1. The monoisotopic (exact) mass is 261 g/mol. The van der Waals surface area contributed by atoms with E-state index in [1.54, 1.807) is 0 Å². The minimum Gasteiger partial charge on any atom is -0.480 e. The van der Waals surface area contributed by atoms with Crippen LogP contribution < -0.4 is 0 Å². The van der Waals surface area contributed by atoms with Gasteiger partial charge in [0.1, 0.15) is 6.04 Å². The van der Waals surface area contributed by atoms with E-state index < -0.39 is 12.0 Å². The quantitative estimate of drug-likeness (QED) is 0.902. The van der Waals surface area contributed by atoms with Gasteiger partial charge in [0.15, 0.2) is 0 Å². The number of carbonyl (C=O) groups is 2. The van der Waals surface area contributed by atoms with E-state index >= 15 is 0 Å². The van der Waals surface area contributed by atoms with Gasteiger partial charge in [0.05, 0.1) is 0 Å². The van der Waals surface area contributed by atoms with Crippen molar-refractivity contribution in [3.63, 3.8) is 0 Å². The lowest BCUT2D eigenvalue weighted by Gasteiger charge is -2.21. The van der Waals surface area contributed by atoms with Crippen LogP contribution in [0.1, 0.15) is 30.4 Å². The second-order valence-corrected chi connectivity index (χ2v) is 5.07. The smallest absolute Gasteiger partial charge is 0.326 e. The fraction of sp³-hybridized carbons (Fsp3) is 0.467. The molecule has 0 aliphatic carbocycles. The molecule has 4 nitrogen and oxygen atoms in total. The van der Waals surface area contributed by atoms with E-state index in [0.717, 1.165) is 12.0 Å². The minimum atomic E-state index is -0.888. The number of carboxylic acids is 1. The van der Waals surface area contributed by atoms with Crippen LogP contribution in [0.3, 0.4) is 0 Å². The van der Waals surface area contributed by atoms with E-state index in [2.05, 4.69) is 6.07 Å². The van der Waals surface area contributed by atoms with Crippen molar-refractivity contribution in [1.29, 1.82) is 0 Å². The molecule has 1 N–H and O–H groups in total. The fourth-order valence-corrected chi connectivity index (χ4v) is 2.58. The SMILES string of the molecule is Cc1cccc(CCC(=O)N2CCCC2C(=O)O)c1. The first kappa shape index (κ1) is 13.6. The Balaban J connectivity index is 1.92. The molecule has 1 fully saturated rings. The second kappa shape index (κ2) is 5.87. The molecule has 2 rings (SSSR count). The van der Waals surface area contributed by atoms with Crippen LogP contribution in [-0.2, 0) is 16.0 Å². The van der Waals surface area contributed by atoms with Crippen molar-refractivity contribution in [1.82, 2.24) is 4.90 Å². The number of carboxylic acid groups (broad SMARTS) is 1. The zero-order valence-electron chi connectivity index (χ0n) is 11.1. The Morgan fingerprint density at radius 2 is 2.21 bits per heavy atom. The van der Waals surface area contributed by atoms with Gasteiger partial charge >= 0.3 is 5.97 Å². The molecule has 1 aliphatic rings. The van der Waals surface area contributed by atoms with Crippen molar-refractivity contribution in [2.75, 3.05) is 6.54 Å². The highest BCUT2D eigenvalue weighted by molar-refractivity contribution is 5.84. The van der Waals surface area contributed by atoms with Gasteiger partial charge in [-0.1, -0.05) is 29.8 Å². The van der Waals surface area contributed by atoms with Gasteiger partial charge in [-0.15, -0.1) is 0 Å². The third-order valence-electron chi connectivity index (χ3n) is 3.57. The normalized spacial score (nSPS) is 18.6. The lowest BCUT2D eigenvalue weighted by Crippen LogP contribution is -2.40. The highest BCUT2D eigenvalue weighted by Gasteiger charge is 2.33. The van der Waals surface area contributed by atoms with Gasteiger partial charge in [0.25, 0.3) is 0 Å². The summed E-state index contributed by atoms with van der Waals surface area (Å²) in [5.41, 5.74) is 2.30. The van der Waals surface area contributed by atoms with Crippen molar-refractivity contribution in [2.45, 2.75) is 38.6 Å². The number of nitrogens with zero attached hydrogens (tertiary/aromatic N) is 1. The van der Waals surface area contributed by atoms with E-state index in [9.17, 15) is 9.59 Å². The molecule has 1 aliphatic heterocycles. The fourth-order valence-electron chi connectivity index (χ4n) is 2.58. The summed E-state index contributed by atoms with van der Waals surface area (Å²) in [7, 11) is 0. The summed E-state index contributed by atoms with van der Waals surface area (Å²) in [4.78, 5) is 24.6. The van der Waals surface area contributed by atoms with E-state index in [1.807, 2.05) is 25.1 Å². The highest BCUT2D eigenvalue weighted by atomic mass is 16.4. The van der Waals surface area contributed by atoms with Crippen molar-refractivity contribution < 1.29 is 14.7 Å². The molecule has 1 unspecified atom stereocenters. The third kappa shape index (κ3) is 3.34. The van der Waals surface area contributed by atoms with E-state index in [4.69, 9.17) is 5.11 Å². The van der Waals surface area contributed by atoms with Gasteiger partial charge in [-0.25, -0.2) is 4.79 Å². The standard InChI is InChI=1S/C15H19NO3/c1-11-4-2-5-12(10-11)7-8-14(17)16-9-3-6-13(16)15(18)19/h2,4-5,10,13H,3,6-9H2,1H3,(H,18,19). The lowest BCUT2D eigenvalue weighted by molar-refractivity contribution is -0.148. The van der Waals surface area contributed by atoms with Gasteiger partial charge < -0.3 is 10.0 Å². The number of benzene rings is 1. The molecule has 19 heavy (non-hydrogen) atoms. The van der Waals surface area contributed by atoms with Crippen LogP contribution in [0.4, 0.5) is 0 Å². The molecule has 4 heteroatoms. The summed E-state index contributed by atoms with van der Waals surface area (Å²) in [6, 6.07) is 7.44. The zero-order chi connectivity index (χ0) is 13.8. The van der Waals surface area contributed by atoms with Crippen LogP contribution in [0, 0.1) is 6.92 Å². The molecule has 1 atom stereocenters. The van der Waals surface area contributed by atoms with E-state index in [1.165, 1.54) is 10.5 Å². The first-order valence-electron chi connectivity index (χ1n) is 6.66. The summed E-state index contributed by atoms with van der Waals surface area (Å²) >= 11 is 0. The largest absolute Gasteiger partial charge is 0.480 e. The molecule has 0 aromatic heterocycles. The van der Waals surface area contributed by atoms with Crippen molar-refractivity contribution in [3.8, 4) is 0 Å². The van der Waals surface area contributed by atoms with Gasteiger partial charge in [-0.3, -0.25) is 4.79 Å². The molecule has 0 saturated carbocycles. The third-order valence-corrected chi connectivity index (χ3v) is 3.57. The number of hydrogen-bond acceptors (Lipinski definition) is 2. The van der Waals surface area contributed by atoms with Crippen LogP contribution in [0.5, 0.6) is 0 Å². The highest BCUT2D eigenvalue weighted by Crippen LogP contribution is 2.19. The summed E-state index contributed by atoms with van der Waals surface area (Å²) in [5, 5.41) is 9.06. The molecule has 1 aromatic carbocycles. The summed E-state index contributed by atoms with van der Waals surface area (Å²) in [6.45, 7) is 2.59. The Morgan fingerprint density at radius 1 is 1.42 bits per heavy atom. The Kier molecular flexibility index (Phi) is 4.20. The molecular weight excluding hydrogens is 242 g/mol. The number of carbonyl (C=O) groups excluding carboxylic acids is 1. The molecule has 1 amide bonds. The van der Waals surface area contributed by atoms with Gasteiger partial charge in [0.2, 0.25) is 5.91 Å². The first-order valence-corrected chi connectivity index (χ1v) is 6.66. The van der Waals surface area contributed by atoms with Gasteiger partial charge in [-0.2, -0.15) is 0 Å². The predicted molar refractivity (Wildman–Crippen MR) is 71.9 cm³/mol. The van der Waals surface area contributed by atoms with E-state index in [0.29, 0.717) is 25.8 Å². The number of rotatable bonds is 4. The number of aliphatic carboxylic acids is 1. The Hall–Kier alpha value is -1.84. The number of aryl methyl sites for hydroxylation is 2. The van der Waals surface area contributed by atoms with Crippen LogP contribution in [-0.4, -0.2) is 34.5 Å². The zero-order valence-corrected chi connectivity index (χ0v) is 11.1. The molecule has 0 spiro atoms. The topological polar surface area (TPSA) is 57.6 Å². The lowest BCUT2D eigenvalue weighted by atomic mass is 10.1. The molecule has 0 radical (unpaired) electrons. The van der Waals surface area contributed by atoms with E-state index in [-0.39, 0.29) is 5.91 Å². The summed E-state index contributed by atoms with van der Waals surface area (Å²) in [6.07, 6.45) is 2.41. The maximum atomic E-state index is 12.1. The molecule has 1 saturated heterocycles. The molecule has 0 bridgehead atoms. The average Bonchev–Trinajstić information content (AvgIpc) is 2.85. The van der Waals surface area contributed by atoms with Crippen molar-refractivity contribution >= 4 is 11.9 Å². The molecule has 102 valence electrons. The first-order chi connectivity index (χ1) is 9.08. The van der Waals surface area contributed by atoms with Crippen molar-refractivity contribution in [2.24, 2.45) is 0 Å². The van der Waals surface area contributed by atoms with Crippen LogP contribution in [0.25, 0.3) is 0 Å². The maximum absolute atomic E-state index is 12.1. The number of amides is 1. The second-order valence-electron chi connectivity index (χ2n) is 5.07. The van der Waals surface area contributed by atoms with Gasteiger partial charge in [0, 0.05) is 13.0 Å². The Bertz CT molecular complexity index is 484. The molecule has 1 heterocycles. The summed E-state index contributed by atoms with van der Waals surface area (Å²) in [5.74, 6) is -0.937. The van der Waals surface area contributed by atoms with Gasteiger partial charge in [-0.05, 0) is 31.7 Å². The van der Waals surface area contributed by atoms with Crippen LogP contribution >= 0.6 is 0 Å². The average molecular weight is 261 g/mol. The predicted octanol–water partition coefficient (Wildman–Crippen LogP) is 2.00. The van der Waals surface area contributed by atoms with Crippen molar-refractivity contribution in [3.05, 3.63) is 35.4 Å². The Morgan fingerprint density at radius 3 is 2.89 bits per heavy atom. The summed E-state index contributed by atoms with van der Waals surface area (Å²) < 4.78 is 0. The maximum Gasteiger partial charge on any atom is 0.326 e. The van der Waals surface area contributed by atoms with Crippen LogP contribution in [0.2, 0.25) is 0 Å².